The number of fused-ring (bicyclic) bond motifs is 1. The summed E-state index contributed by atoms with van der Waals surface area (Å²) >= 11 is 6.99. The lowest BCUT2D eigenvalue weighted by Crippen LogP contribution is -1.70. The quantitative estimate of drug-likeness (QED) is 0.367. The Kier molecular flexibility index (Phi) is 3.41. The third-order valence-electron chi connectivity index (χ3n) is 3.30. The maximum Gasteiger partial charge on any atom is 0.0599 e. The maximum absolute atomic E-state index is 5.57. The molecule has 0 radical (unpaired) electrons. The molecule has 0 aliphatic heterocycles. The fraction of sp³-hybridized carbons (Fsp3) is 0. The molecule has 0 nitrogen and oxygen atoms in total. The molecule has 0 aliphatic rings. The Morgan fingerprint density at radius 2 is 1.18 bits per heavy atom. The Balaban J connectivity index is 1.81. The van der Waals surface area contributed by atoms with Crippen LogP contribution < -0.4 is 0 Å². The third-order valence-corrected chi connectivity index (χ3v) is 7.78. The van der Waals surface area contributed by atoms with Gasteiger partial charge in [-0.15, -0.1) is 58.2 Å². The lowest BCUT2D eigenvalue weighted by atomic mass is 10.2. The van der Waals surface area contributed by atoms with E-state index in [9.17, 15) is 0 Å². The van der Waals surface area contributed by atoms with Gasteiger partial charge in [0.2, 0.25) is 0 Å². The average molecular weight is 353 g/mol. The fourth-order valence-corrected chi connectivity index (χ4v) is 6.67. The Hall–Kier alpha value is -1.82. The van der Waals surface area contributed by atoms with Crippen molar-refractivity contribution in [3.05, 3.63) is 46.2 Å². The lowest BCUT2D eigenvalue weighted by Gasteiger charge is -1.94. The first-order valence-electron chi connectivity index (χ1n) is 6.42. The summed E-state index contributed by atoms with van der Waals surface area (Å²) in [4.78, 5) is 4.88. The van der Waals surface area contributed by atoms with Crippen molar-refractivity contribution in [2.75, 3.05) is 0 Å². The van der Waals surface area contributed by atoms with Gasteiger partial charge in [-0.25, -0.2) is 0 Å². The molecule has 4 rings (SSSR count). The van der Waals surface area contributed by atoms with Crippen LogP contribution >= 0.6 is 45.3 Å². The minimum atomic E-state index is 0.979. The molecule has 0 atom stereocenters. The summed E-state index contributed by atoms with van der Waals surface area (Å²) in [6, 6.07) is 8.49. The summed E-state index contributed by atoms with van der Waals surface area (Å²) in [5, 5.41) is 4.10. The molecule has 104 valence electrons. The van der Waals surface area contributed by atoms with Crippen molar-refractivity contribution >= 4 is 54.7 Å². The van der Waals surface area contributed by atoms with Crippen molar-refractivity contribution < 1.29 is 0 Å². The Morgan fingerprint density at radius 1 is 0.727 bits per heavy atom. The van der Waals surface area contributed by atoms with E-state index in [1.54, 1.807) is 45.3 Å². The van der Waals surface area contributed by atoms with Gasteiger partial charge in [0, 0.05) is 30.3 Å². The number of hydrogen-bond acceptors (Lipinski definition) is 4. The minimum Gasteiger partial charge on any atom is -0.142 e. The molecule has 0 aromatic carbocycles. The van der Waals surface area contributed by atoms with E-state index in [1.165, 1.54) is 28.9 Å². The van der Waals surface area contributed by atoms with Crippen LogP contribution in [-0.2, 0) is 0 Å². The highest BCUT2D eigenvalue weighted by Crippen LogP contribution is 2.45. The van der Waals surface area contributed by atoms with Gasteiger partial charge in [0.1, 0.15) is 0 Å². The molecule has 0 aliphatic carbocycles. The van der Waals surface area contributed by atoms with E-state index >= 15 is 0 Å². The van der Waals surface area contributed by atoms with Crippen LogP contribution in [0.5, 0.6) is 0 Å². The Labute approximate surface area is 144 Å². The zero-order valence-electron chi connectivity index (χ0n) is 11.3. The van der Waals surface area contributed by atoms with E-state index in [4.69, 9.17) is 12.8 Å². The molecule has 4 heteroatoms. The zero-order chi connectivity index (χ0) is 15.1. The van der Waals surface area contributed by atoms with Crippen molar-refractivity contribution in [2.24, 2.45) is 0 Å². The van der Waals surface area contributed by atoms with Crippen molar-refractivity contribution in [1.29, 1.82) is 0 Å². The van der Waals surface area contributed by atoms with Gasteiger partial charge in [-0.2, -0.15) is 0 Å². The molecule has 22 heavy (non-hydrogen) atoms. The molecule has 0 fully saturated rings. The number of rotatable bonds is 2. The van der Waals surface area contributed by atoms with E-state index in [0.717, 1.165) is 11.1 Å². The molecule has 0 saturated carbocycles. The van der Waals surface area contributed by atoms with Crippen LogP contribution in [0.15, 0.2) is 35.0 Å². The summed E-state index contributed by atoms with van der Waals surface area (Å²) in [5.74, 6) is 5.52. The first kappa shape index (κ1) is 13.8. The molecule has 0 N–H and O–H groups in total. The van der Waals surface area contributed by atoms with Crippen LogP contribution in [-0.4, -0.2) is 0 Å². The summed E-state index contributed by atoms with van der Waals surface area (Å²) in [6.07, 6.45) is 11.1. The van der Waals surface area contributed by atoms with Crippen molar-refractivity contribution in [3.63, 3.8) is 0 Å². The third kappa shape index (κ3) is 2.13. The number of hydrogen-bond donors (Lipinski definition) is 0. The second-order valence-corrected chi connectivity index (χ2v) is 8.57. The predicted molar refractivity (Wildman–Crippen MR) is 102 cm³/mol. The zero-order valence-corrected chi connectivity index (χ0v) is 14.5. The monoisotopic (exact) mass is 352 g/mol. The SMILES string of the molecule is C#Cc1ccsc1-c1cc2sc(-c3sccc3C#C)cc2s1. The molecule has 4 aromatic heterocycles. The van der Waals surface area contributed by atoms with Crippen LogP contribution in [0.3, 0.4) is 0 Å². The largest absolute Gasteiger partial charge is 0.142 e. The molecular formula is C18H8S4. The topological polar surface area (TPSA) is 0 Å². The van der Waals surface area contributed by atoms with Gasteiger partial charge in [0.05, 0.1) is 9.75 Å². The van der Waals surface area contributed by atoms with E-state index in [-0.39, 0.29) is 0 Å². The first-order valence-corrected chi connectivity index (χ1v) is 9.81. The van der Waals surface area contributed by atoms with E-state index < -0.39 is 0 Å². The fourth-order valence-electron chi connectivity index (χ4n) is 2.29. The number of terminal acetylenes is 2. The molecule has 0 bridgehead atoms. The van der Waals surface area contributed by atoms with E-state index in [2.05, 4.69) is 34.7 Å². The van der Waals surface area contributed by atoms with Crippen LogP contribution in [0.2, 0.25) is 0 Å². The van der Waals surface area contributed by atoms with E-state index in [0.29, 0.717) is 0 Å². The number of thiophene rings is 4. The highest BCUT2D eigenvalue weighted by atomic mass is 32.1. The standard InChI is InChI=1S/C18H8S4/c1-3-11-5-7-19-17(11)15-9-13-14(21-15)10-16(22-13)18-12(4-2)6-8-20-18/h1-2,5-10H. The van der Waals surface area contributed by atoms with Gasteiger partial charge < -0.3 is 0 Å². The molecule has 4 aromatic rings. The normalized spacial score (nSPS) is 10.6. The van der Waals surface area contributed by atoms with Crippen LogP contribution in [0, 0.1) is 24.7 Å². The van der Waals surface area contributed by atoms with Crippen LogP contribution in [0.1, 0.15) is 11.1 Å². The van der Waals surface area contributed by atoms with Gasteiger partial charge in [-0.05, 0) is 35.0 Å². The Bertz CT molecular complexity index is 940. The lowest BCUT2D eigenvalue weighted by molar-refractivity contribution is 1.84. The molecule has 4 heterocycles. The second kappa shape index (κ2) is 5.43. The average Bonchev–Trinajstić information content (AvgIpc) is 3.26. The van der Waals surface area contributed by atoms with Crippen molar-refractivity contribution in [3.8, 4) is 44.2 Å². The predicted octanol–water partition coefficient (Wildman–Crippen LogP) is 6.38. The van der Waals surface area contributed by atoms with Gasteiger partial charge >= 0.3 is 0 Å². The smallest absolute Gasteiger partial charge is 0.0599 e. The van der Waals surface area contributed by atoms with Gasteiger partial charge in [-0.1, -0.05) is 11.8 Å². The molecule has 0 spiro atoms. The molecular weight excluding hydrogens is 344 g/mol. The highest BCUT2D eigenvalue weighted by Gasteiger charge is 2.14. The maximum atomic E-state index is 5.57. The summed E-state index contributed by atoms with van der Waals surface area (Å²) in [5.41, 5.74) is 1.96. The summed E-state index contributed by atoms with van der Waals surface area (Å²) < 4.78 is 2.59. The van der Waals surface area contributed by atoms with E-state index in [1.807, 2.05) is 12.1 Å². The van der Waals surface area contributed by atoms with Gasteiger partial charge in [0.25, 0.3) is 0 Å². The molecule has 0 unspecified atom stereocenters. The Morgan fingerprint density at radius 3 is 1.59 bits per heavy atom. The van der Waals surface area contributed by atoms with Crippen molar-refractivity contribution in [1.82, 2.24) is 0 Å². The molecule has 0 saturated heterocycles. The van der Waals surface area contributed by atoms with Crippen molar-refractivity contribution in [2.45, 2.75) is 0 Å². The summed E-state index contributed by atoms with van der Waals surface area (Å²) in [7, 11) is 0. The summed E-state index contributed by atoms with van der Waals surface area (Å²) in [6.45, 7) is 0. The molecule has 0 amide bonds. The minimum absolute atomic E-state index is 0.979. The van der Waals surface area contributed by atoms with Crippen LogP contribution in [0.4, 0.5) is 0 Å². The second-order valence-electron chi connectivity index (χ2n) is 4.57. The highest BCUT2D eigenvalue weighted by molar-refractivity contribution is 7.33. The van der Waals surface area contributed by atoms with Crippen LogP contribution in [0.25, 0.3) is 28.9 Å². The first-order chi connectivity index (χ1) is 10.8. The van der Waals surface area contributed by atoms with Gasteiger partial charge in [0.15, 0.2) is 0 Å². The van der Waals surface area contributed by atoms with Gasteiger partial charge in [-0.3, -0.25) is 0 Å².